The molecule has 4 aromatic carbocycles. The van der Waals surface area contributed by atoms with E-state index in [0.29, 0.717) is 36.7 Å². The zero-order valence-corrected chi connectivity index (χ0v) is 27.8. The van der Waals surface area contributed by atoms with E-state index in [0.717, 1.165) is 46.9 Å². The van der Waals surface area contributed by atoms with Crippen LogP contribution in [0, 0.1) is 0 Å². The fraction of sp³-hybridized carbons (Fsp3) is 0.282. The molecular formula is C39H42N4O6. The van der Waals surface area contributed by atoms with Crippen molar-refractivity contribution in [3.8, 4) is 5.75 Å². The third kappa shape index (κ3) is 12.9. The molecule has 0 atom stereocenters. The van der Waals surface area contributed by atoms with Gasteiger partial charge in [0.2, 0.25) is 0 Å². The van der Waals surface area contributed by atoms with Gasteiger partial charge in [0, 0.05) is 36.0 Å². The quantitative estimate of drug-likeness (QED) is 0.0402. The van der Waals surface area contributed by atoms with Crippen molar-refractivity contribution in [3.63, 3.8) is 0 Å². The highest BCUT2D eigenvalue weighted by molar-refractivity contribution is 5.96. The first kappa shape index (κ1) is 36.4. The third-order valence-corrected chi connectivity index (χ3v) is 7.14. The molecule has 0 amide bonds. The van der Waals surface area contributed by atoms with Gasteiger partial charge in [0.15, 0.2) is 0 Å². The number of ether oxygens (including phenoxy) is 4. The number of hydrogen-bond acceptors (Lipinski definition) is 10. The van der Waals surface area contributed by atoms with E-state index in [-0.39, 0.29) is 13.2 Å². The Morgan fingerprint density at radius 1 is 0.633 bits per heavy atom. The molecular weight excluding hydrogens is 620 g/mol. The number of benzene rings is 4. The number of carbonyl (C=O) groups is 2. The molecule has 0 unspecified atom stereocenters. The predicted octanol–water partition coefficient (Wildman–Crippen LogP) is 10.3. The van der Waals surface area contributed by atoms with Crippen LogP contribution in [-0.2, 0) is 23.8 Å². The summed E-state index contributed by atoms with van der Waals surface area (Å²) in [7, 11) is 0. The van der Waals surface area contributed by atoms with Gasteiger partial charge in [-0.25, -0.2) is 9.59 Å². The third-order valence-electron chi connectivity index (χ3n) is 7.14. The highest BCUT2D eigenvalue weighted by atomic mass is 16.5. The minimum Gasteiger partial charge on any atom is -0.491 e. The van der Waals surface area contributed by atoms with Gasteiger partial charge in [-0.2, -0.15) is 15.3 Å². The van der Waals surface area contributed by atoms with Crippen molar-refractivity contribution in [2.45, 2.75) is 39.0 Å². The number of fused-ring (bicyclic) bond motifs is 1. The van der Waals surface area contributed by atoms with E-state index in [1.807, 2.05) is 72.8 Å². The molecule has 0 heterocycles. The van der Waals surface area contributed by atoms with E-state index in [4.69, 9.17) is 18.9 Å². The van der Waals surface area contributed by atoms with E-state index >= 15 is 0 Å². The lowest BCUT2D eigenvalue weighted by atomic mass is 10.1. The van der Waals surface area contributed by atoms with Crippen molar-refractivity contribution < 1.29 is 28.5 Å². The molecule has 0 aliphatic rings. The van der Waals surface area contributed by atoms with Crippen LogP contribution in [0.2, 0.25) is 0 Å². The van der Waals surface area contributed by atoms with Crippen LogP contribution < -0.4 is 4.74 Å². The lowest BCUT2D eigenvalue weighted by Gasteiger charge is -2.11. The topological polar surface area (TPSA) is 121 Å². The molecule has 4 aromatic rings. The fourth-order valence-electron chi connectivity index (χ4n) is 4.55. The summed E-state index contributed by atoms with van der Waals surface area (Å²) in [5.41, 5.74) is 3.57. The molecule has 0 saturated carbocycles. The summed E-state index contributed by atoms with van der Waals surface area (Å²) >= 11 is 0. The van der Waals surface area contributed by atoms with E-state index in [2.05, 4.69) is 34.0 Å². The van der Waals surface area contributed by atoms with Gasteiger partial charge < -0.3 is 18.9 Å². The molecule has 10 heteroatoms. The Labute approximate surface area is 287 Å². The molecule has 0 aliphatic carbocycles. The summed E-state index contributed by atoms with van der Waals surface area (Å²) in [6.07, 6.45) is 9.23. The average molecular weight is 663 g/mol. The Balaban J connectivity index is 1.25. The van der Waals surface area contributed by atoms with Crippen molar-refractivity contribution in [1.29, 1.82) is 0 Å². The molecule has 49 heavy (non-hydrogen) atoms. The minimum atomic E-state index is -0.505. The van der Waals surface area contributed by atoms with E-state index in [9.17, 15) is 9.59 Å². The Hall–Kier alpha value is -5.48. The van der Waals surface area contributed by atoms with Gasteiger partial charge in [-0.3, -0.25) is 0 Å². The SMILES string of the molecule is C=CC(=O)OCCCOC(=O)C=Cc1ccc(N=Nc2ccc(N=Nc3ccc(OCCOCCCCCC)c4ccccc34)cc2)cc1. The molecule has 10 nitrogen and oxygen atoms in total. The Bertz CT molecular complexity index is 1730. The lowest BCUT2D eigenvalue weighted by molar-refractivity contribution is -0.140. The molecule has 4 rings (SSSR count). The molecule has 0 bridgehead atoms. The van der Waals surface area contributed by atoms with E-state index in [1.54, 1.807) is 18.2 Å². The van der Waals surface area contributed by atoms with Crippen LogP contribution in [0.1, 0.15) is 44.6 Å². The second-order valence-corrected chi connectivity index (χ2v) is 10.9. The number of unbranched alkanes of at least 4 members (excludes halogenated alkanes) is 3. The number of nitrogens with zero attached hydrogens (tertiary/aromatic N) is 4. The summed E-state index contributed by atoms with van der Waals surface area (Å²) in [6, 6.07) is 26.4. The van der Waals surface area contributed by atoms with Gasteiger partial charge in [-0.1, -0.05) is 69.2 Å². The van der Waals surface area contributed by atoms with Crippen LogP contribution in [-0.4, -0.2) is 45.0 Å². The van der Waals surface area contributed by atoms with E-state index < -0.39 is 11.9 Å². The first-order chi connectivity index (χ1) is 24.1. The van der Waals surface area contributed by atoms with Crippen LogP contribution in [0.25, 0.3) is 16.8 Å². The van der Waals surface area contributed by atoms with Crippen LogP contribution >= 0.6 is 0 Å². The van der Waals surface area contributed by atoms with Crippen molar-refractivity contribution in [2.24, 2.45) is 20.5 Å². The molecule has 0 fully saturated rings. The maximum Gasteiger partial charge on any atom is 0.330 e. The van der Waals surface area contributed by atoms with Crippen molar-refractivity contribution >= 4 is 51.5 Å². The standard InChI is InChI=1S/C39H42N4O6/c1-3-5-6-9-25-46-28-29-47-37-23-22-36(34-11-7-8-12-35(34)37)43-42-33-20-18-32(19-21-33)41-40-31-16-13-30(14-17-31)15-24-39(45)49-27-10-26-48-38(44)4-2/h4,7-8,11-24H,2-3,5-6,9-10,25-29H2,1H3. The molecule has 0 spiro atoms. The number of rotatable bonds is 20. The van der Waals surface area contributed by atoms with Gasteiger partial charge in [-0.15, -0.1) is 5.11 Å². The lowest BCUT2D eigenvalue weighted by Crippen LogP contribution is -2.07. The predicted molar refractivity (Wildman–Crippen MR) is 191 cm³/mol. The zero-order chi connectivity index (χ0) is 34.5. The number of azo groups is 2. The molecule has 0 radical (unpaired) electrons. The summed E-state index contributed by atoms with van der Waals surface area (Å²) in [5.74, 6) is -0.194. The number of hydrogen-bond donors (Lipinski definition) is 0. The van der Waals surface area contributed by atoms with Gasteiger partial charge in [0.25, 0.3) is 0 Å². The van der Waals surface area contributed by atoms with Gasteiger partial charge in [0.05, 0.1) is 42.6 Å². The zero-order valence-electron chi connectivity index (χ0n) is 27.8. The molecule has 0 aromatic heterocycles. The Morgan fingerprint density at radius 2 is 1.27 bits per heavy atom. The smallest absolute Gasteiger partial charge is 0.330 e. The summed E-state index contributed by atoms with van der Waals surface area (Å²) in [5, 5.41) is 19.5. The Kier molecular flexibility index (Phi) is 15.4. The first-order valence-electron chi connectivity index (χ1n) is 16.5. The van der Waals surface area contributed by atoms with Crippen molar-refractivity contribution in [1.82, 2.24) is 0 Å². The molecule has 0 N–H and O–H groups in total. The van der Waals surface area contributed by atoms with Gasteiger partial charge in [0.1, 0.15) is 12.4 Å². The van der Waals surface area contributed by atoms with E-state index in [1.165, 1.54) is 25.3 Å². The normalized spacial score (nSPS) is 11.4. The molecule has 0 saturated heterocycles. The maximum absolute atomic E-state index is 11.9. The minimum absolute atomic E-state index is 0.147. The first-order valence-corrected chi connectivity index (χ1v) is 16.5. The van der Waals surface area contributed by atoms with Crippen LogP contribution in [0.3, 0.4) is 0 Å². The maximum atomic E-state index is 11.9. The highest BCUT2D eigenvalue weighted by Gasteiger charge is 2.07. The van der Waals surface area contributed by atoms with Crippen LogP contribution in [0.15, 0.2) is 124 Å². The van der Waals surface area contributed by atoms with Crippen LogP contribution in [0.4, 0.5) is 22.7 Å². The second-order valence-electron chi connectivity index (χ2n) is 10.9. The summed E-state index contributed by atoms with van der Waals surface area (Å²) in [6.45, 7) is 7.64. The van der Waals surface area contributed by atoms with Gasteiger partial charge >= 0.3 is 11.9 Å². The largest absolute Gasteiger partial charge is 0.491 e. The molecule has 254 valence electrons. The van der Waals surface area contributed by atoms with Crippen molar-refractivity contribution in [2.75, 3.05) is 33.0 Å². The Morgan fingerprint density at radius 3 is 1.94 bits per heavy atom. The van der Waals surface area contributed by atoms with Crippen LogP contribution in [0.5, 0.6) is 5.75 Å². The summed E-state index contributed by atoms with van der Waals surface area (Å²) in [4.78, 5) is 22.9. The van der Waals surface area contributed by atoms with Gasteiger partial charge in [-0.05, 0) is 66.6 Å². The highest BCUT2D eigenvalue weighted by Crippen LogP contribution is 2.34. The summed E-state index contributed by atoms with van der Waals surface area (Å²) < 4.78 is 21.7. The fourth-order valence-corrected chi connectivity index (χ4v) is 4.55. The average Bonchev–Trinajstić information content (AvgIpc) is 3.14. The monoisotopic (exact) mass is 662 g/mol. The second kappa shape index (κ2) is 20.7. The number of esters is 2. The molecule has 0 aliphatic heterocycles. The number of carbonyl (C=O) groups excluding carboxylic acids is 2. The van der Waals surface area contributed by atoms with Crippen molar-refractivity contribution in [3.05, 3.63) is 109 Å².